The quantitative estimate of drug-likeness (QED) is 0.761. The van der Waals surface area contributed by atoms with Gasteiger partial charge in [0.05, 0.1) is 0 Å². The summed E-state index contributed by atoms with van der Waals surface area (Å²) in [6, 6.07) is 13.5. The summed E-state index contributed by atoms with van der Waals surface area (Å²) in [6.45, 7) is 7.26. The number of benzene rings is 2. The second-order valence-corrected chi connectivity index (χ2v) is 7.81. The average Bonchev–Trinajstić information content (AvgIpc) is 2.75. The zero-order valence-corrected chi connectivity index (χ0v) is 17.9. The molecule has 1 aliphatic heterocycles. The predicted octanol–water partition coefficient (Wildman–Crippen LogP) is 3.18. The van der Waals surface area contributed by atoms with Gasteiger partial charge in [-0.15, -0.1) is 0 Å². The van der Waals surface area contributed by atoms with Crippen LogP contribution in [0.4, 0.5) is 0 Å². The third-order valence-electron chi connectivity index (χ3n) is 5.51. The number of amides is 2. The first-order chi connectivity index (χ1) is 14.4. The molecule has 1 saturated heterocycles. The summed E-state index contributed by atoms with van der Waals surface area (Å²) >= 11 is 0. The monoisotopic (exact) mass is 410 g/mol. The standard InChI is InChI=1S/C24H30N2O4/c1-17-7-9-21(10-8-17)29-15-23(27)25-20-11-13-26(14-12-20)24(28)16-30-22-6-4-5-18(2)19(22)3/h4-10,20H,11-16H2,1-3H3,(H,25,27). The number of likely N-dealkylation sites (tertiary alicyclic amines) is 1. The van der Waals surface area contributed by atoms with Crippen LogP contribution in [0.1, 0.15) is 29.5 Å². The van der Waals surface area contributed by atoms with Crippen molar-refractivity contribution in [3.63, 3.8) is 0 Å². The maximum atomic E-state index is 12.5. The molecule has 6 heteroatoms. The Bertz CT molecular complexity index is 871. The van der Waals surface area contributed by atoms with Gasteiger partial charge in [0, 0.05) is 19.1 Å². The first-order valence-corrected chi connectivity index (χ1v) is 10.4. The fourth-order valence-corrected chi connectivity index (χ4v) is 3.44. The Kier molecular flexibility index (Phi) is 7.33. The number of carbonyl (C=O) groups is 2. The van der Waals surface area contributed by atoms with Gasteiger partial charge in [-0.25, -0.2) is 0 Å². The lowest BCUT2D eigenvalue weighted by Crippen LogP contribution is -2.48. The highest BCUT2D eigenvalue weighted by Gasteiger charge is 2.24. The van der Waals surface area contributed by atoms with E-state index >= 15 is 0 Å². The molecular formula is C24H30N2O4. The maximum absolute atomic E-state index is 12.5. The molecule has 3 rings (SSSR count). The zero-order chi connectivity index (χ0) is 21.5. The molecule has 0 radical (unpaired) electrons. The van der Waals surface area contributed by atoms with E-state index in [1.807, 2.05) is 63.2 Å². The molecule has 30 heavy (non-hydrogen) atoms. The number of rotatable bonds is 7. The van der Waals surface area contributed by atoms with Crippen LogP contribution >= 0.6 is 0 Å². The van der Waals surface area contributed by atoms with E-state index in [2.05, 4.69) is 5.32 Å². The van der Waals surface area contributed by atoms with Crippen molar-refractivity contribution in [3.05, 3.63) is 59.2 Å². The van der Waals surface area contributed by atoms with E-state index in [0.29, 0.717) is 18.8 Å². The summed E-state index contributed by atoms with van der Waals surface area (Å²) < 4.78 is 11.3. The van der Waals surface area contributed by atoms with Crippen molar-refractivity contribution in [1.29, 1.82) is 0 Å². The smallest absolute Gasteiger partial charge is 0.260 e. The minimum Gasteiger partial charge on any atom is -0.484 e. The van der Waals surface area contributed by atoms with Crippen molar-refractivity contribution in [2.75, 3.05) is 26.3 Å². The number of aryl methyl sites for hydroxylation is 2. The molecule has 0 unspecified atom stereocenters. The highest BCUT2D eigenvalue weighted by atomic mass is 16.5. The number of carbonyl (C=O) groups excluding carboxylic acids is 2. The van der Waals surface area contributed by atoms with E-state index in [-0.39, 0.29) is 31.1 Å². The van der Waals surface area contributed by atoms with Gasteiger partial charge in [0.1, 0.15) is 11.5 Å². The fraction of sp³-hybridized carbons (Fsp3) is 0.417. The zero-order valence-electron chi connectivity index (χ0n) is 17.9. The number of nitrogens with zero attached hydrogens (tertiary/aromatic N) is 1. The van der Waals surface area contributed by atoms with Crippen molar-refractivity contribution in [1.82, 2.24) is 10.2 Å². The molecule has 0 aliphatic carbocycles. The molecule has 160 valence electrons. The first kappa shape index (κ1) is 21.7. The van der Waals surface area contributed by atoms with Gasteiger partial charge in [-0.05, 0) is 62.9 Å². The van der Waals surface area contributed by atoms with Crippen LogP contribution in [0.25, 0.3) is 0 Å². The molecule has 2 amide bonds. The van der Waals surface area contributed by atoms with Gasteiger partial charge in [0.2, 0.25) is 0 Å². The third kappa shape index (κ3) is 5.99. The van der Waals surface area contributed by atoms with Gasteiger partial charge in [-0.3, -0.25) is 9.59 Å². The van der Waals surface area contributed by atoms with Crippen molar-refractivity contribution in [3.8, 4) is 11.5 Å². The van der Waals surface area contributed by atoms with Gasteiger partial charge in [0.15, 0.2) is 13.2 Å². The minimum atomic E-state index is -0.140. The topological polar surface area (TPSA) is 67.9 Å². The lowest BCUT2D eigenvalue weighted by atomic mass is 10.0. The maximum Gasteiger partial charge on any atom is 0.260 e. The van der Waals surface area contributed by atoms with Crippen LogP contribution in [0.3, 0.4) is 0 Å². The van der Waals surface area contributed by atoms with Crippen LogP contribution < -0.4 is 14.8 Å². The molecule has 2 aromatic carbocycles. The largest absolute Gasteiger partial charge is 0.484 e. The lowest BCUT2D eigenvalue weighted by Gasteiger charge is -2.32. The van der Waals surface area contributed by atoms with Crippen molar-refractivity contribution < 1.29 is 19.1 Å². The molecule has 0 saturated carbocycles. The number of hydrogen-bond acceptors (Lipinski definition) is 4. The summed E-state index contributed by atoms with van der Waals surface area (Å²) in [4.78, 5) is 26.4. The molecule has 6 nitrogen and oxygen atoms in total. The average molecular weight is 411 g/mol. The molecule has 1 heterocycles. The molecule has 1 N–H and O–H groups in total. The van der Waals surface area contributed by atoms with Crippen LogP contribution in [-0.4, -0.2) is 49.1 Å². The van der Waals surface area contributed by atoms with Crippen LogP contribution in [-0.2, 0) is 9.59 Å². The van der Waals surface area contributed by atoms with Gasteiger partial charge >= 0.3 is 0 Å². The molecule has 0 atom stereocenters. The van der Waals surface area contributed by atoms with E-state index in [0.717, 1.165) is 35.3 Å². The highest BCUT2D eigenvalue weighted by Crippen LogP contribution is 2.21. The van der Waals surface area contributed by atoms with Crippen LogP contribution in [0.5, 0.6) is 11.5 Å². The fourth-order valence-electron chi connectivity index (χ4n) is 3.44. The SMILES string of the molecule is Cc1ccc(OCC(=O)NC2CCN(C(=O)COc3cccc(C)c3C)CC2)cc1. The Labute approximate surface area is 178 Å². The highest BCUT2D eigenvalue weighted by molar-refractivity contribution is 5.79. The van der Waals surface area contributed by atoms with Gasteiger partial charge in [-0.2, -0.15) is 0 Å². The number of piperidine rings is 1. The van der Waals surface area contributed by atoms with E-state index in [9.17, 15) is 9.59 Å². The Hall–Kier alpha value is -3.02. The van der Waals surface area contributed by atoms with Crippen molar-refractivity contribution in [2.24, 2.45) is 0 Å². The molecule has 2 aromatic rings. The lowest BCUT2D eigenvalue weighted by molar-refractivity contribution is -0.134. The summed E-state index contributed by atoms with van der Waals surface area (Å²) in [5.74, 6) is 1.26. The normalized spacial score (nSPS) is 14.3. The van der Waals surface area contributed by atoms with Crippen molar-refractivity contribution >= 4 is 11.8 Å². The van der Waals surface area contributed by atoms with E-state index in [4.69, 9.17) is 9.47 Å². The third-order valence-corrected chi connectivity index (χ3v) is 5.51. The summed E-state index contributed by atoms with van der Waals surface area (Å²) in [6.07, 6.45) is 1.46. The van der Waals surface area contributed by atoms with E-state index in [1.54, 1.807) is 4.90 Å². The minimum absolute atomic E-state index is 0.00805. The first-order valence-electron chi connectivity index (χ1n) is 10.4. The van der Waals surface area contributed by atoms with E-state index in [1.165, 1.54) is 0 Å². The number of ether oxygens (including phenoxy) is 2. The van der Waals surface area contributed by atoms with Crippen LogP contribution in [0.2, 0.25) is 0 Å². The summed E-state index contributed by atoms with van der Waals surface area (Å²) in [5, 5.41) is 3.00. The number of nitrogens with one attached hydrogen (secondary N) is 1. The molecule has 0 aromatic heterocycles. The molecule has 1 aliphatic rings. The molecule has 0 spiro atoms. The summed E-state index contributed by atoms with van der Waals surface area (Å²) in [5.41, 5.74) is 3.34. The summed E-state index contributed by atoms with van der Waals surface area (Å²) in [7, 11) is 0. The predicted molar refractivity (Wildman–Crippen MR) is 116 cm³/mol. The Balaban J connectivity index is 1.37. The number of hydrogen-bond donors (Lipinski definition) is 1. The Morgan fingerprint density at radius 1 is 0.967 bits per heavy atom. The van der Waals surface area contributed by atoms with Gasteiger partial charge in [0.25, 0.3) is 11.8 Å². The van der Waals surface area contributed by atoms with Gasteiger partial charge in [-0.1, -0.05) is 29.8 Å². The van der Waals surface area contributed by atoms with E-state index < -0.39 is 0 Å². The Morgan fingerprint density at radius 3 is 2.37 bits per heavy atom. The van der Waals surface area contributed by atoms with Crippen LogP contribution in [0, 0.1) is 20.8 Å². The van der Waals surface area contributed by atoms with Gasteiger partial charge < -0.3 is 19.7 Å². The van der Waals surface area contributed by atoms with Crippen molar-refractivity contribution in [2.45, 2.75) is 39.7 Å². The second-order valence-electron chi connectivity index (χ2n) is 7.81. The molecule has 1 fully saturated rings. The molecular weight excluding hydrogens is 380 g/mol. The molecule has 0 bridgehead atoms. The Morgan fingerprint density at radius 2 is 1.67 bits per heavy atom. The second kappa shape index (κ2) is 10.1. The van der Waals surface area contributed by atoms with Crippen LogP contribution in [0.15, 0.2) is 42.5 Å².